The Kier molecular flexibility index (Phi) is 4.51. The maximum Gasteiger partial charge on any atom is 0.242 e. The van der Waals surface area contributed by atoms with Crippen molar-refractivity contribution in [3.05, 3.63) is 27.7 Å². The highest BCUT2D eigenvalue weighted by Gasteiger charge is 2.30. The van der Waals surface area contributed by atoms with Crippen LogP contribution in [0.5, 0.6) is 0 Å². The van der Waals surface area contributed by atoms with Crippen LogP contribution in [0.1, 0.15) is 19.8 Å². The van der Waals surface area contributed by atoms with Gasteiger partial charge in [-0.15, -0.1) is 0 Å². The molecule has 0 saturated heterocycles. The summed E-state index contributed by atoms with van der Waals surface area (Å²) < 4.78 is 0.856. The number of carbonyl (C=O) groups is 1. The first-order valence-electron chi connectivity index (χ1n) is 6.10. The number of hydrogen-bond acceptors (Lipinski definition) is 2. The van der Waals surface area contributed by atoms with E-state index in [1.165, 1.54) is 0 Å². The molecule has 1 aromatic rings. The minimum Gasteiger partial charge on any atom is -0.376 e. The van der Waals surface area contributed by atoms with Crippen molar-refractivity contribution in [1.82, 2.24) is 4.90 Å². The number of benzene rings is 1. The van der Waals surface area contributed by atoms with Crippen LogP contribution in [0.15, 0.2) is 22.7 Å². The fraction of sp³-hybridized carbons (Fsp3) is 0.462. The standard InChI is InChI=1S/C13H16BrClN2O/c1-2-17(10-4-5-10)13(18)8-16-9-3-6-11(14)12(15)7-9/h3,6-7,10,16H,2,4-5,8H2,1H3. The normalized spacial score (nSPS) is 14.4. The fourth-order valence-corrected chi connectivity index (χ4v) is 2.34. The molecular formula is C13H16BrClN2O. The Morgan fingerprint density at radius 1 is 1.56 bits per heavy atom. The van der Waals surface area contributed by atoms with E-state index in [9.17, 15) is 4.79 Å². The maximum atomic E-state index is 12.0. The summed E-state index contributed by atoms with van der Waals surface area (Å²) in [6.45, 7) is 3.13. The Balaban J connectivity index is 1.90. The molecule has 0 bridgehead atoms. The molecule has 1 amide bonds. The van der Waals surface area contributed by atoms with E-state index >= 15 is 0 Å². The summed E-state index contributed by atoms with van der Waals surface area (Å²) in [4.78, 5) is 13.9. The van der Waals surface area contributed by atoms with E-state index in [4.69, 9.17) is 11.6 Å². The van der Waals surface area contributed by atoms with Crippen LogP contribution in [0.3, 0.4) is 0 Å². The molecular weight excluding hydrogens is 316 g/mol. The van der Waals surface area contributed by atoms with E-state index in [2.05, 4.69) is 21.2 Å². The van der Waals surface area contributed by atoms with Gasteiger partial charge in [-0.2, -0.15) is 0 Å². The minimum atomic E-state index is 0.152. The molecule has 0 atom stereocenters. The van der Waals surface area contributed by atoms with Gasteiger partial charge in [0.1, 0.15) is 0 Å². The molecule has 0 heterocycles. The summed E-state index contributed by atoms with van der Waals surface area (Å²) in [5, 5.41) is 3.75. The molecule has 3 nitrogen and oxygen atoms in total. The van der Waals surface area contributed by atoms with Crippen molar-refractivity contribution >= 4 is 39.1 Å². The van der Waals surface area contributed by atoms with E-state index in [1.807, 2.05) is 30.0 Å². The summed E-state index contributed by atoms with van der Waals surface area (Å²) in [6, 6.07) is 6.05. The highest BCUT2D eigenvalue weighted by Crippen LogP contribution is 2.27. The third kappa shape index (κ3) is 3.39. The van der Waals surface area contributed by atoms with Crippen LogP contribution in [0.4, 0.5) is 5.69 Å². The van der Waals surface area contributed by atoms with E-state index in [0.717, 1.165) is 29.5 Å². The average Bonchev–Trinajstić information content (AvgIpc) is 3.16. The zero-order chi connectivity index (χ0) is 13.1. The average molecular weight is 332 g/mol. The van der Waals surface area contributed by atoms with Gasteiger partial charge in [-0.3, -0.25) is 4.79 Å². The lowest BCUT2D eigenvalue weighted by molar-refractivity contribution is -0.129. The highest BCUT2D eigenvalue weighted by molar-refractivity contribution is 9.10. The van der Waals surface area contributed by atoms with Crippen molar-refractivity contribution in [2.75, 3.05) is 18.4 Å². The van der Waals surface area contributed by atoms with Crippen LogP contribution in [-0.2, 0) is 4.79 Å². The summed E-state index contributed by atoms with van der Waals surface area (Å²) >= 11 is 9.33. The van der Waals surface area contributed by atoms with Gasteiger partial charge in [-0.05, 0) is 53.9 Å². The molecule has 1 aliphatic carbocycles. The number of likely N-dealkylation sites (N-methyl/N-ethyl adjacent to an activating group) is 1. The molecule has 1 aliphatic rings. The topological polar surface area (TPSA) is 32.3 Å². The molecule has 1 fully saturated rings. The predicted octanol–water partition coefficient (Wildman–Crippen LogP) is 3.53. The first-order chi connectivity index (χ1) is 8.61. The van der Waals surface area contributed by atoms with Crippen LogP contribution in [0.2, 0.25) is 5.02 Å². The van der Waals surface area contributed by atoms with Gasteiger partial charge in [0.2, 0.25) is 5.91 Å². The quantitative estimate of drug-likeness (QED) is 0.895. The van der Waals surface area contributed by atoms with Crippen molar-refractivity contribution in [3.63, 3.8) is 0 Å². The number of amides is 1. The zero-order valence-corrected chi connectivity index (χ0v) is 12.6. The van der Waals surface area contributed by atoms with Gasteiger partial charge in [0.25, 0.3) is 0 Å². The van der Waals surface area contributed by atoms with Crippen molar-refractivity contribution in [1.29, 1.82) is 0 Å². The smallest absolute Gasteiger partial charge is 0.242 e. The lowest BCUT2D eigenvalue weighted by atomic mass is 10.3. The number of rotatable bonds is 5. The Labute approximate surface area is 121 Å². The molecule has 1 aromatic carbocycles. The summed E-state index contributed by atoms with van der Waals surface area (Å²) in [5.41, 5.74) is 0.864. The Bertz CT molecular complexity index is 449. The first kappa shape index (κ1) is 13.7. The second kappa shape index (κ2) is 5.93. The van der Waals surface area contributed by atoms with Crippen LogP contribution in [0, 0.1) is 0 Å². The number of carbonyl (C=O) groups excluding carboxylic acids is 1. The molecule has 18 heavy (non-hydrogen) atoms. The Morgan fingerprint density at radius 3 is 2.83 bits per heavy atom. The summed E-state index contributed by atoms with van der Waals surface area (Å²) in [5.74, 6) is 0.152. The monoisotopic (exact) mass is 330 g/mol. The molecule has 0 spiro atoms. The Hall–Kier alpha value is -0.740. The number of halogens is 2. The second-order valence-electron chi connectivity index (χ2n) is 4.39. The second-order valence-corrected chi connectivity index (χ2v) is 5.65. The van der Waals surface area contributed by atoms with Crippen LogP contribution in [0.25, 0.3) is 0 Å². The van der Waals surface area contributed by atoms with Crippen molar-refractivity contribution in [3.8, 4) is 0 Å². The largest absolute Gasteiger partial charge is 0.376 e. The summed E-state index contributed by atoms with van der Waals surface area (Å²) in [7, 11) is 0. The van der Waals surface area contributed by atoms with Gasteiger partial charge in [-0.1, -0.05) is 11.6 Å². The number of hydrogen-bond donors (Lipinski definition) is 1. The molecule has 98 valence electrons. The van der Waals surface area contributed by atoms with Crippen LogP contribution < -0.4 is 5.32 Å². The lowest BCUT2D eigenvalue weighted by Crippen LogP contribution is -2.37. The molecule has 1 N–H and O–H groups in total. The Morgan fingerprint density at radius 2 is 2.28 bits per heavy atom. The maximum absolute atomic E-state index is 12.0. The number of anilines is 1. The summed E-state index contributed by atoms with van der Waals surface area (Å²) in [6.07, 6.45) is 2.29. The molecule has 0 unspecified atom stereocenters. The first-order valence-corrected chi connectivity index (χ1v) is 7.27. The van der Waals surface area contributed by atoms with Crippen molar-refractivity contribution in [2.45, 2.75) is 25.8 Å². The fourth-order valence-electron chi connectivity index (χ4n) is 1.91. The van der Waals surface area contributed by atoms with Gasteiger partial charge < -0.3 is 10.2 Å². The third-order valence-electron chi connectivity index (χ3n) is 3.01. The number of nitrogens with one attached hydrogen (secondary N) is 1. The molecule has 0 aromatic heterocycles. The highest BCUT2D eigenvalue weighted by atomic mass is 79.9. The van der Waals surface area contributed by atoms with Crippen LogP contribution in [-0.4, -0.2) is 29.9 Å². The van der Waals surface area contributed by atoms with E-state index in [0.29, 0.717) is 17.6 Å². The van der Waals surface area contributed by atoms with Gasteiger partial charge in [0.05, 0.1) is 11.6 Å². The van der Waals surface area contributed by atoms with Crippen molar-refractivity contribution < 1.29 is 4.79 Å². The molecule has 0 radical (unpaired) electrons. The molecule has 1 saturated carbocycles. The van der Waals surface area contributed by atoms with E-state index in [-0.39, 0.29) is 5.91 Å². The van der Waals surface area contributed by atoms with Crippen molar-refractivity contribution in [2.24, 2.45) is 0 Å². The van der Waals surface area contributed by atoms with Gasteiger partial charge in [0, 0.05) is 22.7 Å². The lowest BCUT2D eigenvalue weighted by Gasteiger charge is -2.20. The SMILES string of the molecule is CCN(C(=O)CNc1ccc(Br)c(Cl)c1)C1CC1. The molecule has 0 aliphatic heterocycles. The minimum absolute atomic E-state index is 0.152. The van der Waals surface area contributed by atoms with Gasteiger partial charge in [0.15, 0.2) is 0 Å². The predicted molar refractivity (Wildman–Crippen MR) is 78.1 cm³/mol. The molecule has 2 rings (SSSR count). The third-order valence-corrected chi connectivity index (χ3v) is 4.24. The number of nitrogens with zero attached hydrogens (tertiary/aromatic N) is 1. The van der Waals surface area contributed by atoms with E-state index < -0.39 is 0 Å². The van der Waals surface area contributed by atoms with E-state index in [1.54, 1.807) is 0 Å². The van der Waals surface area contributed by atoms with Gasteiger partial charge in [-0.25, -0.2) is 0 Å². The van der Waals surface area contributed by atoms with Gasteiger partial charge >= 0.3 is 0 Å². The zero-order valence-electron chi connectivity index (χ0n) is 10.2. The molecule has 5 heteroatoms. The van der Waals surface area contributed by atoms with Crippen LogP contribution >= 0.6 is 27.5 Å².